The van der Waals surface area contributed by atoms with Crippen molar-refractivity contribution in [3.63, 3.8) is 0 Å². The molecule has 8 heteroatoms. The summed E-state index contributed by atoms with van der Waals surface area (Å²) < 4.78 is 22.8. The van der Waals surface area contributed by atoms with Crippen LogP contribution in [0.5, 0.6) is 0 Å². The summed E-state index contributed by atoms with van der Waals surface area (Å²) in [6.45, 7) is 13.4. The van der Waals surface area contributed by atoms with Crippen LogP contribution in [0.15, 0.2) is 29.3 Å². The molecule has 0 saturated carbocycles. The fourth-order valence-corrected chi connectivity index (χ4v) is 4.99. The van der Waals surface area contributed by atoms with E-state index in [2.05, 4.69) is 53.6 Å². The van der Waals surface area contributed by atoms with E-state index in [1.54, 1.807) is 0 Å². The molecule has 1 aliphatic heterocycles. The Morgan fingerprint density at radius 2 is 1.81 bits per heavy atom. The average molecular weight is 565 g/mol. The maximum atomic E-state index is 11.4. The van der Waals surface area contributed by atoms with Crippen LogP contribution in [0.2, 0.25) is 0 Å². The third-order valence-electron chi connectivity index (χ3n) is 5.51. The largest absolute Gasteiger partial charge is 0.357 e. The number of likely N-dealkylation sites (tertiary alicyclic amines) is 1. The van der Waals surface area contributed by atoms with Crippen LogP contribution in [0.4, 0.5) is 0 Å². The van der Waals surface area contributed by atoms with E-state index >= 15 is 0 Å². The lowest BCUT2D eigenvalue weighted by Gasteiger charge is -2.35. The van der Waals surface area contributed by atoms with Crippen LogP contribution in [-0.4, -0.2) is 57.0 Å². The van der Waals surface area contributed by atoms with E-state index in [4.69, 9.17) is 4.99 Å². The summed E-state index contributed by atoms with van der Waals surface area (Å²) in [6.07, 6.45) is 3.16. The lowest BCUT2D eigenvalue weighted by atomic mass is 9.91. The fraction of sp³-hybridized carbons (Fsp3) is 0.696. The number of halogens is 1. The molecule has 2 N–H and O–H groups in total. The van der Waals surface area contributed by atoms with E-state index in [-0.39, 0.29) is 35.8 Å². The highest BCUT2D eigenvalue weighted by Crippen LogP contribution is 2.23. The molecule has 31 heavy (non-hydrogen) atoms. The number of guanidine groups is 1. The number of sulfone groups is 1. The van der Waals surface area contributed by atoms with Crippen LogP contribution in [0.1, 0.15) is 51.7 Å². The SMILES string of the molecule is CCNC(=NCc1ccccc1CN1CC(C)CC(C)C1)NC(C)CCS(C)(=O)=O.I. The van der Waals surface area contributed by atoms with E-state index in [1.807, 2.05) is 13.8 Å². The highest BCUT2D eigenvalue weighted by molar-refractivity contribution is 14.0. The molecule has 2 rings (SSSR count). The Labute approximate surface area is 206 Å². The zero-order valence-corrected chi connectivity index (χ0v) is 22.9. The molecule has 0 radical (unpaired) electrons. The molecule has 1 aromatic carbocycles. The molecule has 1 fully saturated rings. The first-order chi connectivity index (χ1) is 14.2. The first kappa shape index (κ1) is 28.2. The van der Waals surface area contributed by atoms with E-state index in [0.717, 1.165) is 44.0 Å². The number of rotatable bonds is 9. The number of aliphatic imine (C=N–C) groups is 1. The van der Waals surface area contributed by atoms with Crippen LogP contribution in [-0.2, 0) is 22.9 Å². The lowest BCUT2D eigenvalue weighted by molar-refractivity contribution is 0.134. The first-order valence-electron chi connectivity index (χ1n) is 11.2. The molecule has 3 atom stereocenters. The molecule has 0 aliphatic carbocycles. The van der Waals surface area contributed by atoms with Gasteiger partial charge in [-0.15, -0.1) is 24.0 Å². The predicted octanol–water partition coefficient (Wildman–Crippen LogP) is 3.66. The van der Waals surface area contributed by atoms with Gasteiger partial charge in [-0.25, -0.2) is 13.4 Å². The normalized spacial score (nSPS) is 21.3. The third-order valence-corrected chi connectivity index (χ3v) is 6.49. The van der Waals surface area contributed by atoms with Gasteiger partial charge in [0.1, 0.15) is 9.84 Å². The molecule has 0 bridgehead atoms. The summed E-state index contributed by atoms with van der Waals surface area (Å²) in [5.41, 5.74) is 2.58. The van der Waals surface area contributed by atoms with Crippen molar-refractivity contribution in [2.45, 2.75) is 59.7 Å². The molecule has 0 amide bonds. The van der Waals surface area contributed by atoms with Crippen molar-refractivity contribution < 1.29 is 8.42 Å². The quantitative estimate of drug-likeness (QED) is 0.272. The summed E-state index contributed by atoms with van der Waals surface area (Å²) in [5, 5.41) is 6.61. The Morgan fingerprint density at radius 1 is 1.19 bits per heavy atom. The van der Waals surface area contributed by atoms with Crippen molar-refractivity contribution in [2.75, 3.05) is 31.6 Å². The van der Waals surface area contributed by atoms with Gasteiger partial charge >= 0.3 is 0 Å². The number of hydrogen-bond donors (Lipinski definition) is 2. The Morgan fingerprint density at radius 3 is 2.39 bits per heavy atom. The summed E-state index contributed by atoms with van der Waals surface area (Å²) in [6, 6.07) is 8.58. The second-order valence-electron chi connectivity index (χ2n) is 9.07. The van der Waals surface area contributed by atoms with Crippen molar-refractivity contribution in [3.8, 4) is 0 Å². The minimum absolute atomic E-state index is 0. The average Bonchev–Trinajstić information content (AvgIpc) is 2.64. The van der Waals surface area contributed by atoms with Crippen LogP contribution in [0.3, 0.4) is 0 Å². The maximum Gasteiger partial charge on any atom is 0.191 e. The lowest BCUT2D eigenvalue weighted by Crippen LogP contribution is -2.42. The molecule has 3 unspecified atom stereocenters. The number of piperidine rings is 1. The van der Waals surface area contributed by atoms with Crippen LogP contribution < -0.4 is 10.6 Å². The molecule has 178 valence electrons. The second-order valence-corrected chi connectivity index (χ2v) is 11.3. The van der Waals surface area contributed by atoms with Crippen LogP contribution in [0.25, 0.3) is 0 Å². The summed E-state index contributed by atoms with van der Waals surface area (Å²) >= 11 is 0. The van der Waals surface area contributed by atoms with Crippen molar-refractivity contribution in [3.05, 3.63) is 35.4 Å². The van der Waals surface area contributed by atoms with Crippen LogP contribution in [0, 0.1) is 11.8 Å². The standard InChI is InChI=1S/C23H40N4O2S.HI/c1-6-24-23(26-20(4)11-12-30(5,28)29)25-14-21-9-7-8-10-22(21)17-27-15-18(2)13-19(3)16-27;/h7-10,18-20H,6,11-17H2,1-5H3,(H2,24,25,26);1H. The van der Waals surface area contributed by atoms with Gasteiger partial charge in [-0.05, 0) is 49.7 Å². The van der Waals surface area contributed by atoms with Gasteiger partial charge in [-0.2, -0.15) is 0 Å². The van der Waals surface area contributed by atoms with Gasteiger partial charge in [0.25, 0.3) is 0 Å². The van der Waals surface area contributed by atoms with E-state index in [9.17, 15) is 8.42 Å². The highest BCUT2D eigenvalue weighted by atomic mass is 127. The van der Waals surface area contributed by atoms with Crippen LogP contribution >= 0.6 is 24.0 Å². The molecule has 6 nitrogen and oxygen atoms in total. The number of nitrogens with one attached hydrogen (secondary N) is 2. The van der Waals surface area contributed by atoms with Crippen molar-refractivity contribution >= 4 is 39.8 Å². The molecule has 0 aromatic heterocycles. The molecule has 1 heterocycles. The Balaban J connectivity index is 0.00000480. The monoisotopic (exact) mass is 564 g/mol. The Kier molecular flexibility index (Phi) is 12.4. The zero-order chi connectivity index (χ0) is 22.1. The number of nitrogens with zero attached hydrogens (tertiary/aromatic N) is 2. The summed E-state index contributed by atoms with van der Waals surface area (Å²) in [4.78, 5) is 7.35. The Hall–Kier alpha value is -0.870. The van der Waals surface area contributed by atoms with E-state index in [1.165, 1.54) is 23.8 Å². The summed E-state index contributed by atoms with van der Waals surface area (Å²) in [5.74, 6) is 2.40. The van der Waals surface area contributed by atoms with Gasteiger partial charge in [0.15, 0.2) is 5.96 Å². The number of hydrogen-bond acceptors (Lipinski definition) is 4. The summed E-state index contributed by atoms with van der Waals surface area (Å²) in [7, 11) is -2.96. The molecule has 1 aromatic rings. The van der Waals surface area contributed by atoms with Crippen molar-refractivity contribution in [1.29, 1.82) is 0 Å². The fourth-order valence-electron chi connectivity index (χ4n) is 4.21. The van der Waals surface area contributed by atoms with Gasteiger partial charge in [0, 0.05) is 38.5 Å². The smallest absolute Gasteiger partial charge is 0.191 e. The third kappa shape index (κ3) is 11.0. The highest BCUT2D eigenvalue weighted by Gasteiger charge is 2.22. The van der Waals surface area contributed by atoms with Gasteiger partial charge in [0.05, 0.1) is 12.3 Å². The van der Waals surface area contributed by atoms with E-state index < -0.39 is 9.84 Å². The molecular weight excluding hydrogens is 523 g/mol. The van der Waals surface area contributed by atoms with Crippen molar-refractivity contribution in [2.24, 2.45) is 16.8 Å². The minimum Gasteiger partial charge on any atom is -0.357 e. The molecule has 1 aliphatic rings. The van der Waals surface area contributed by atoms with Crippen molar-refractivity contribution in [1.82, 2.24) is 15.5 Å². The van der Waals surface area contributed by atoms with Gasteiger partial charge in [0.2, 0.25) is 0 Å². The van der Waals surface area contributed by atoms with Gasteiger partial charge in [-0.1, -0.05) is 38.1 Å². The molecule has 1 saturated heterocycles. The first-order valence-corrected chi connectivity index (χ1v) is 13.2. The predicted molar refractivity (Wildman–Crippen MR) is 142 cm³/mol. The maximum absolute atomic E-state index is 11.4. The van der Waals surface area contributed by atoms with Gasteiger partial charge < -0.3 is 10.6 Å². The molecular formula is C23H41IN4O2S. The van der Waals surface area contributed by atoms with E-state index in [0.29, 0.717) is 13.0 Å². The zero-order valence-electron chi connectivity index (χ0n) is 19.7. The second kappa shape index (κ2) is 13.6. The van der Waals surface area contributed by atoms with Gasteiger partial charge in [-0.3, -0.25) is 4.90 Å². The number of benzene rings is 1. The Bertz CT molecular complexity index is 791. The minimum atomic E-state index is -2.96. The molecule has 0 spiro atoms. The topological polar surface area (TPSA) is 73.8 Å².